The molecule has 0 aromatic heterocycles. The summed E-state index contributed by atoms with van der Waals surface area (Å²) < 4.78 is 0. The SMILES string of the molecule is NC(N)=NCCC[C@H](NC(=O)C1(C(=O)NCC(c2ccccc2)c2ccccc2)CCCC1)B(O)O. The number of hydrogen-bond donors (Lipinski definition) is 6. The van der Waals surface area contributed by atoms with Gasteiger partial charge in [-0.1, -0.05) is 73.5 Å². The van der Waals surface area contributed by atoms with Gasteiger partial charge >= 0.3 is 7.12 Å². The van der Waals surface area contributed by atoms with E-state index in [0.29, 0.717) is 32.4 Å². The van der Waals surface area contributed by atoms with Crippen LogP contribution in [-0.4, -0.2) is 54.0 Å². The van der Waals surface area contributed by atoms with Gasteiger partial charge in [0.15, 0.2) is 5.96 Å². The van der Waals surface area contributed by atoms with Crippen molar-refractivity contribution in [3.63, 3.8) is 0 Å². The molecule has 3 rings (SSSR count). The minimum Gasteiger partial charge on any atom is -0.426 e. The van der Waals surface area contributed by atoms with Gasteiger partial charge < -0.3 is 32.1 Å². The number of benzene rings is 2. The highest BCUT2D eigenvalue weighted by atomic mass is 16.4. The van der Waals surface area contributed by atoms with E-state index in [9.17, 15) is 19.6 Å². The lowest BCUT2D eigenvalue weighted by Gasteiger charge is -2.30. The molecule has 9 nitrogen and oxygen atoms in total. The molecule has 1 aliphatic carbocycles. The van der Waals surface area contributed by atoms with Crippen LogP contribution in [0.3, 0.4) is 0 Å². The average Bonchev–Trinajstić information content (AvgIpc) is 3.38. The fourth-order valence-electron chi connectivity index (χ4n) is 4.82. The number of amides is 2. The zero-order valence-corrected chi connectivity index (χ0v) is 20.5. The zero-order chi connectivity index (χ0) is 26.0. The molecule has 1 fully saturated rings. The Balaban J connectivity index is 1.71. The van der Waals surface area contributed by atoms with E-state index in [1.54, 1.807) is 0 Å². The van der Waals surface area contributed by atoms with Crippen LogP contribution in [0.4, 0.5) is 0 Å². The summed E-state index contributed by atoms with van der Waals surface area (Å²) in [7, 11) is -1.77. The number of nitrogens with two attached hydrogens (primary N) is 2. The van der Waals surface area contributed by atoms with Crippen LogP contribution >= 0.6 is 0 Å². The van der Waals surface area contributed by atoms with E-state index in [1.165, 1.54) is 0 Å². The lowest BCUT2D eigenvalue weighted by Crippen LogP contribution is -2.56. The molecule has 192 valence electrons. The maximum absolute atomic E-state index is 13.5. The quantitative estimate of drug-likeness (QED) is 0.0851. The van der Waals surface area contributed by atoms with Gasteiger partial charge in [0.25, 0.3) is 0 Å². The molecular weight excluding hydrogens is 457 g/mol. The second-order valence-electron chi connectivity index (χ2n) is 9.32. The molecule has 0 bridgehead atoms. The summed E-state index contributed by atoms with van der Waals surface area (Å²) in [5.41, 5.74) is 11.5. The fourth-order valence-corrected chi connectivity index (χ4v) is 4.82. The van der Waals surface area contributed by atoms with Gasteiger partial charge in [-0.3, -0.25) is 14.6 Å². The van der Waals surface area contributed by atoms with Gasteiger partial charge in [0, 0.05) is 19.0 Å². The molecule has 1 aliphatic rings. The van der Waals surface area contributed by atoms with Crippen LogP contribution in [-0.2, 0) is 9.59 Å². The Morgan fingerprint density at radius 2 is 1.50 bits per heavy atom. The largest absolute Gasteiger partial charge is 0.475 e. The van der Waals surface area contributed by atoms with E-state index in [0.717, 1.165) is 24.0 Å². The highest BCUT2D eigenvalue weighted by Gasteiger charge is 2.49. The zero-order valence-electron chi connectivity index (χ0n) is 20.5. The minimum absolute atomic E-state index is 0.0500. The van der Waals surface area contributed by atoms with Gasteiger partial charge in [-0.25, -0.2) is 0 Å². The number of nitrogens with zero attached hydrogens (tertiary/aromatic N) is 1. The predicted molar refractivity (Wildman–Crippen MR) is 141 cm³/mol. The van der Waals surface area contributed by atoms with Crippen LogP contribution in [0.2, 0.25) is 0 Å². The summed E-state index contributed by atoms with van der Waals surface area (Å²) >= 11 is 0. The third kappa shape index (κ3) is 7.08. The topological polar surface area (TPSA) is 163 Å². The average molecular weight is 493 g/mol. The number of rotatable bonds is 12. The summed E-state index contributed by atoms with van der Waals surface area (Å²) in [5, 5.41) is 25.4. The van der Waals surface area contributed by atoms with Gasteiger partial charge in [0.05, 0.1) is 5.94 Å². The van der Waals surface area contributed by atoms with Crippen LogP contribution in [0.15, 0.2) is 65.7 Å². The summed E-state index contributed by atoms with van der Waals surface area (Å²) in [5.74, 6) is -1.86. The molecule has 10 heteroatoms. The molecule has 0 heterocycles. The molecule has 36 heavy (non-hydrogen) atoms. The molecule has 2 amide bonds. The second-order valence-corrected chi connectivity index (χ2v) is 9.32. The van der Waals surface area contributed by atoms with E-state index < -0.39 is 24.4 Å². The van der Waals surface area contributed by atoms with Crippen molar-refractivity contribution >= 4 is 24.9 Å². The third-order valence-electron chi connectivity index (χ3n) is 6.84. The Bertz CT molecular complexity index is 970. The van der Waals surface area contributed by atoms with Gasteiger partial charge in [-0.2, -0.15) is 0 Å². The predicted octanol–water partition coefficient (Wildman–Crippen LogP) is 1.05. The molecule has 8 N–H and O–H groups in total. The first-order chi connectivity index (χ1) is 17.3. The molecule has 1 saturated carbocycles. The van der Waals surface area contributed by atoms with Gasteiger partial charge in [0.1, 0.15) is 5.41 Å². The van der Waals surface area contributed by atoms with E-state index in [2.05, 4.69) is 15.6 Å². The standard InChI is InChI=1S/C26H36BN5O4/c28-25(29)30-17-9-14-22(27(35)36)32-24(34)26(15-7-8-16-26)23(33)31-18-21(19-10-3-1-4-11-19)20-12-5-2-6-13-20/h1-6,10-13,21-22,35-36H,7-9,14-18H2,(H,31,33)(H,32,34)(H4,28,29,30)/t22-/m0/s1. The fraction of sp³-hybridized carbons (Fsp3) is 0.423. The molecule has 2 aromatic rings. The van der Waals surface area contributed by atoms with Crippen LogP contribution in [0, 0.1) is 5.41 Å². The smallest absolute Gasteiger partial charge is 0.426 e. The highest BCUT2D eigenvalue weighted by Crippen LogP contribution is 2.39. The summed E-state index contributed by atoms with van der Waals surface area (Å²) in [6, 6.07) is 19.9. The van der Waals surface area contributed by atoms with Crippen molar-refractivity contribution in [1.82, 2.24) is 10.6 Å². The van der Waals surface area contributed by atoms with Crippen molar-refractivity contribution < 1.29 is 19.6 Å². The van der Waals surface area contributed by atoms with E-state index in [-0.39, 0.29) is 24.2 Å². The summed E-state index contributed by atoms with van der Waals surface area (Å²) in [4.78, 5) is 30.8. The number of guanidine groups is 1. The number of nitrogens with one attached hydrogen (secondary N) is 2. The maximum Gasteiger partial charge on any atom is 0.475 e. The second kappa shape index (κ2) is 13.1. The Hall–Kier alpha value is -3.37. The third-order valence-corrected chi connectivity index (χ3v) is 6.84. The molecule has 0 saturated heterocycles. The Morgan fingerprint density at radius 3 is 2.00 bits per heavy atom. The monoisotopic (exact) mass is 493 g/mol. The minimum atomic E-state index is -1.77. The van der Waals surface area contributed by atoms with Crippen LogP contribution < -0.4 is 22.1 Å². The van der Waals surface area contributed by atoms with Crippen molar-refractivity contribution in [2.24, 2.45) is 21.9 Å². The summed E-state index contributed by atoms with van der Waals surface area (Å²) in [6.07, 6.45) is 3.01. The molecule has 2 aromatic carbocycles. The van der Waals surface area contributed by atoms with E-state index in [4.69, 9.17) is 11.5 Å². The number of carbonyl (C=O) groups excluding carboxylic acids is 2. The number of carbonyl (C=O) groups is 2. The van der Waals surface area contributed by atoms with Crippen LogP contribution in [0.25, 0.3) is 0 Å². The van der Waals surface area contributed by atoms with Crippen molar-refractivity contribution in [1.29, 1.82) is 0 Å². The maximum atomic E-state index is 13.5. The van der Waals surface area contributed by atoms with Gasteiger partial charge in [0.2, 0.25) is 11.8 Å². The molecule has 0 aliphatic heterocycles. The first-order valence-electron chi connectivity index (χ1n) is 12.4. The Morgan fingerprint density at radius 1 is 0.944 bits per heavy atom. The van der Waals surface area contributed by atoms with E-state index in [1.807, 2.05) is 60.7 Å². The van der Waals surface area contributed by atoms with Gasteiger partial charge in [-0.15, -0.1) is 0 Å². The first-order valence-corrected chi connectivity index (χ1v) is 12.4. The van der Waals surface area contributed by atoms with Crippen molar-refractivity contribution in [2.45, 2.75) is 50.4 Å². The Kier molecular flexibility index (Phi) is 9.90. The molecule has 0 radical (unpaired) electrons. The summed E-state index contributed by atoms with van der Waals surface area (Å²) in [6.45, 7) is 0.639. The molecular formula is C26H36BN5O4. The number of aliphatic imine (C=N–C) groups is 1. The molecule has 0 unspecified atom stereocenters. The Labute approximate surface area is 212 Å². The highest BCUT2D eigenvalue weighted by molar-refractivity contribution is 6.43. The molecule has 0 spiro atoms. The van der Waals surface area contributed by atoms with Crippen LogP contribution in [0.5, 0.6) is 0 Å². The van der Waals surface area contributed by atoms with Crippen molar-refractivity contribution in [3.05, 3.63) is 71.8 Å². The normalized spacial score (nSPS) is 15.2. The lowest BCUT2D eigenvalue weighted by atomic mass is 9.75. The van der Waals surface area contributed by atoms with Gasteiger partial charge in [-0.05, 0) is 36.8 Å². The van der Waals surface area contributed by atoms with Crippen LogP contribution in [0.1, 0.15) is 55.6 Å². The molecule has 1 atom stereocenters. The number of hydrogen-bond acceptors (Lipinski definition) is 5. The van der Waals surface area contributed by atoms with Crippen molar-refractivity contribution in [3.8, 4) is 0 Å². The lowest BCUT2D eigenvalue weighted by molar-refractivity contribution is -0.143. The van der Waals surface area contributed by atoms with Crippen molar-refractivity contribution in [2.75, 3.05) is 13.1 Å². The van der Waals surface area contributed by atoms with E-state index >= 15 is 0 Å². The first kappa shape index (κ1) is 27.2.